The first-order chi connectivity index (χ1) is 11.5. The van der Waals surface area contributed by atoms with Crippen molar-refractivity contribution in [1.82, 2.24) is 24.8 Å². The van der Waals surface area contributed by atoms with E-state index in [1.165, 1.54) is 11.8 Å². The van der Waals surface area contributed by atoms with Gasteiger partial charge in [-0.3, -0.25) is 4.79 Å². The molecule has 1 aromatic heterocycles. The zero-order valence-electron chi connectivity index (χ0n) is 13.0. The number of carbonyl (C=O) groups excluding carboxylic acids is 1. The fourth-order valence-electron chi connectivity index (χ4n) is 2.44. The van der Waals surface area contributed by atoms with Crippen molar-refractivity contribution in [2.24, 2.45) is 7.05 Å². The van der Waals surface area contributed by atoms with E-state index in [4.69, 9.17) is 0 Å². The summed E-state index contributed by atoms with van der Waals surface area (Å²) < 4.78 is 28.6. The Labute approximate surface area is 144 Å². The molecule has 10 heteroatoms. The number of fused-ring (bicyclic) bond motifs is 1. The summed E-state index contributed by atoms with van der Waals surface area (Å²) in [7, 11) is -1.80. The second-order valence-corrected chi connectivity index (χ2v) is 8.09. The molecule has 2 aromatic rings. The number of aromatic nitrogens is 3. The van der Waals surface area contributed by atoms with Crippen LogP contribution in [0.3, 0.4) is 0 Å². The molecular formula is C14H17N5O3S2. The zero-order valence-corrected chi connectivity index (χ0v) is 14.6. The van der Waals surface area contributed by atoms with E-state index in [9.17, 15) is 13.2 Å². The smallest absolute Gasteiger partial charge is 0.241 e. The summed E-state index contributed by atoms with van der Waals surface area (Å²) in [6.07, 6.45) is 1.95. The highest BCUT2D eigenvalue weighted by Crippen LogP contribution is 2.22. The molecule has 3 rings (SSSR count). The minimum absolute atomic E-state index is 0.242. The van der Waals surface area contributed by atoms with Crippen LogP contribution in [0.4, 0.5) is 0 Å². The van der Waals surface area contributed by atoms with Gasteiger partial charge in [-0.1, -0.05) is 30.0 Å². The van der Waals surface area contributed by atoms with E-state index in [-0.39, 0.29) is 10.8 Å². The molecule has 24 heavy (non-hydrogen) atoms. The van der Waals surface area contributed by atoms with Crippen LogP contribution in [0.2, 0.25) is 0 Å². The van der Waals surface area contributed by atoms with Crippen LogP contribution in [0.1, 0.15) is 5.56 Å². The highest BCUT2D eigenvalue weighted by Gasteiger charge is 2.32. The van der Waals surface area contributed by atoms with Gasteiger partial charge in [-0.05, 0) is 18.1 Å². The lowest BCUT2D eigenvalue weighted by atomic mass is 10.1. The minimum Gasteiger partial charge on any atom is -0.354 e. The molecule has 0 spiro atoms. The molecule has 1 unspecified atom stereocenters. The van der Waals surface area contributed by atoms with Crippen molar-refractivity contribution in [2.75, 3.05) is 12.3 Å². The van der Waals surface area contributed by atoms with Gasteiger partial charge in [-0.25, -0.2) is 8.42 Å². The predicted octanol–water partition coefficient (Wildman–Crippen LogP) is -0.0734. The van der Waals surface area contributed by atoms with E-state index in [2.05, 4.69) is 20.2 Å². The Morgan fingerprint density at radius 1 is 1.46 bits per heavy atom. The Kier molecular flexibility index (Phi) is 4.88. The van der Waals surface area contributed by atoms with Crippen molar-refractivity contribution < 1.29 is 13.2 Å². The number of nitrogens with zero attached hydrogens (tertiary/aromatic N) is 3. The number of sulfonamides is 1. The topological polar surface area (TPSA) is 106 Å². The van der Waals surface area contributed by atoms with Gasteiger partial charge in [0.05, 0.1) is 4.90 Å². The summed E-state index contributed by atoms with van der Waals surface area (Å²) in [5.41, 5.74) is 0.657. The first kappa shape index (κ1) is 16.9. The Bertz CT molecular complexity index is 850. The second kappa shape index (κ2) is 6.91. The Morgan fingerprint density at radius 3 is 3.00 bits per heavy atom. The average molecular weight is 367 g/mol. The number of aryl methyl sites for hydroxylation is 1. The molecule has 2 N–H and O–H groups in total. The molecule has 0 fully saturated rings. The number of carbonyl (C=O) groups is 1. The van der Waals surface area contributed by atoms with E-state index in [1.54, 1.807) is 35.2 Å². The quantitative estimate of drug-likeness (QED) is 0.566. The normalized spacial score (nSPS) is 18.8. The first-order valence-corrected chi connectivity index (χ1v) is 9.79. The summed E-state index contributed by atoms with van der Waals surface area (Å²) in [5.74, 6) is 0.292. The molecule has 0 aliphatic carbocycles. The monoisotopic (exact) mass is 367 g/mol. The fourth-order valence-corrected chi connectivity index (χ4v) is 4.62. The molecule has 8 nitrogen and oxygen atoms in total. The number of thioether (sulfide) groups is 1. The molecule has 0 saturated heterocycles. The van der Waals surface area contributed by atoms with Crippen LogP contribution in [-0.2, 0) is 28.3 Å². The van der Waals surface area contributed by atoms with Gasteiger partial charge in [0.25, 0.3) is 0 Å². The summed E-state index contributed by atoms with van der Waals surface area (Å²) >= 11 is 1.47. The maximum Gasteiger partial charge on any atom is 0.241 e. The Balaban J connectivity index is 1.56. The van der Waals surface area contributed by atoms with Crippen molar-refractivity contribution in [3.05, 3.63) is 36.2 Å². The van der Waals surface area contributed by atoms with Gasteiger partial charge >= 0.3 is 0 Å². The lowest BCUT2D eigenvalue weighted by molar-refractivity contribution is -0.122. The van der Waals surface area contributed by atoms with Gasteiger partial charge in [0.2, 0.25) is 15.9 Å². The van der Waals surface area contributed by atoms with Gasteiger partial charge in [-0.2, -0.15) is 4.72 Å². The average Bonchev–Trinajstić information content (AvgIpc) is 2.96. The van der Waals surface area contributed by atoms with Crippen LogP contribution in [0.25, 0.3) is 0 Å². The van der Waals surface area contributed by atoms with Crippen LogP contribution < -0.4 is 10.0 Å². The molecule has 1 aromatic carbocycles. The number of rotatable bonds is 5. The molecule has 0 bridgehead atoms. The van der Waals surface area contributed by atoms with Crippen LogP contribution in [0.5, 0.6) is 0 Å². The van der Waals surface area contributed by atoms with E-state index in [1.807, 2.05) is 7.05 Å². The van der Waals surface area contributed by atoms with Crippen molar-refractivity contribution in [3.63, 3.8) is 0 Å². The van der Waals surface area contributed by atoms with Gasteiger partial charge in [0.1, 0.15) is 12.4 Å². The molecule has 128 valence electrons. The highest BCUT2D eigenvalue weighted by atomic mass is 32.2. The zero-order chi connectivity index (χ0) is 17.2. The van der Waals surface area contributed by atoms with Crippen LogP contribution >= 0.6 is 11.8 Å². The number of hydrogen-bond donors (Lipinski definition) is 2. The van der Waals surface area contributed by atoms with Gasteiger partial charge in [0, 0.05) is 19.3 Å². The lowest BCUT2D eigenvalue weighted by Crippen LogP contribution is -2.50. The number of amides is 1. The maximum atomic E-state index is 12.2. The third kappa shape index (κ3) is 3.60. The van der Waals surface area contributed by atoms with Crippen molar-refractivity contribution >= 4 is 27.7 Å². The summed E-state index contributed by atoms with van der Waals surface area (Å²) in [6, 6.07) is 5.93. The first-order valence-electron chi connectivity index (χ1n) is 7.32. The molecule has 1 atom stereocenters. The fraction of sp³-hybridized carbons (Fsp3) is 0.357. The molecule has 1 aliphatic rings. The molecule has 2 heterocycles. The summed E-state index contributed by atoms with van der Waals surface area (Å²) in [6.45, 7) is 0.413. The molecule has 1 aliphatic heterocycles. The maximum absolute atomic E-state index is 12.2. The van der Waals surface area contributed by atoms with Crippen molar-refractivity contribution in [2.45, 2.75) is 22.5 Å². The molecule has 0 radical (unpaired) electrons. The third-order valence-electron chi connectivity index (χ3n) is 3.60. The second-order valence-electron chi connectivity index (χ2n) is 5.35. The number of hydrogen-bond acceptors (Lipinski definition) is 6. The lowest BCUT2D eigenvalue weighted by Gasteiger charge is -2.25. The third-order valence-corrected chi connectivity index (χ3v) is 6.21. The number of benzene rings is 1. The standard InChI is InChI=1S/C14H17N5O3S2/c1-19-9-16-17-14(19)23-7-6-15-13(20)11-8-10-4-2-3-5-12(10)24(21,22)18-11/h2-5,9,11,18H,6-8H2,1H3,(H,15,20). The van der Waals surface area contributed by atoms with Crippen LogP contribution in [0, 0.1) is 0 Å². The summed E-state index contributed by atoms with van der Waals surface area (Å²) in [4.78, 5) is 12.5. The van der Waals surface area contributed by atoms with Crippen LogP contribution in [-0.4, -0.2) is 47.4 Å². The molecular weight excluding hydrogens is 350 g/mol. The SMILES string of the molecule is Cn1cnnc1SCCNC(=O)C1Cc2ccccc2S(=O)(=O)N1. The van der Waals surface area contributed by atoms with Crippen molar-refractivity contribution in [3.8, 4) is 0 Å². The predicted molar refractivity (Wildman–Crippen MR) is 89.0 cm³/mol. The van der Waals surface area contributed by atoms with E-state index in [0.717, 1.165) is 5.16 Å². The number of nitrogens with one attached hydrogen (secondary N) is 2. The Hall–Kier alpha value is -1.91. The van der Waals surface area contributed by atoms with Gasteiger partial charge in [0.15, 0.2) is 5.16 Å². The van der Waals surface area contributed by atoms with Gasteiger partial charge in [-0.15, -0.1) is 10.2 Å². The van der Waals surface area contributed by atoms with Gasteiger partial charge < -0.3 is 9.88 Å². The minimum atomic E-state index is -3.65. The van der Waals surface area contributed by atoms with E-state index >= 15 is 0 Å². The van der Waals surface area contributed by atoms with E-state index < -0.39 is 16.1 Å². The van der Waals surface area contributed by atoms with Crippen LogP contribution in [0.15, 0.2) is 40.6 Å². The molecule has 1 amide bonds. The highest BCUT2D eigenvalue weighted by molar-refractivity contribution is 7.99. The molecule has 0 saturated carbocycles. The van der Waals surface area contributed by atoms with E-state index in [0.29, 0.717) is 24.3 Å². The summed E-state index contributed by atoms with van der Waals surface area (Å²) in [5, 5.41) is 11.2. The largest absolute Gasteiger partial charge is 0.354 e. The van der Waals surface area contributed by atoms with Crippen molar-refractivity contribution in [1.29, 1.82) is 0 Å². The Morgan fingerprint density at radius 2 is 2.25 bits per heavy atom.